The van der Waals surface area contributed by atoms with Crippen molar-refractivity contribution in [3.05, 3.63) is 58.2 Å². The molecule has 0 bridgehead atoms. The van der Waals surface area contributed by atoms with Crippen molar-refractivity contribution in [3.63, 3.8) is 0 Å². The normalized spacial score (nSPS) is 17.8. The van der Waals surface area contributed by atoms with Crippen LogP contribution in [-0.4, -0.2) is 13.1 Å². The molecule has 5 heteroatoms. The van der Waals surface area contributed by atoms with Gasteiger partial charge >= 0.3 is 5.97 Å². The molecule has 0 amide bonds. The third-order valence-electron chi connectivity index (χ3n) is 3.95. The number of rotatable bonds is 3. The van der Waals surface area contributed by atoms with Crippen LogP contribution < -0.4 is 5.73 Å². The van der Waals surface area contributed by atoms with Crippen LogP contribution in [0.5, 0.6) is 0 Å². The van der Waals surface area contributed by atoms with E-state index in [0.717, 1.165) is 5.56 Å². The van der Waals surface area contributed by atoms with Crippen LogP contribution in [0.3, 0.4) is 0 Å². The van der Waals surface area contributed by atoms with E-state index in [-0.39, 0.29) is 11.5 Å². The summed E-state index contributed by atoms with van der Waals surface area (Å²) >= 11 is 0. The summed E-state index contributed by atoms with van der Waals surface area (Å²) in [6.45, 7) is 5.85. The molecule has 2 N–H and O–H groups in total. The van der Waals surface area contributed by atoms with E-state index in [2.05, 4.69) is 19.9 Å². The molecular weight excluding hydrogens is 292 g/mol. The minimum absolute atomic E-state index is 0.0237. The molecule has 0 saturated carbocycles. The smallest absolute Gasteiger partial charge is 0.338 e. The molecule has 0 radical (unpaired) electrons. The van der Waals surface area contributed by atoms with Crippen LogP contribution in [0.25, 0.3) is 0 Å². The van der Waals surface area contributed by atoms with Gasteiger partial charge in [0.05, 0.1) is 18.6 Å². The van der Waals surface area contributed by atoms with Gasteiger partial charge in [-0.3, -0.25) is 0 Å². The second-order valence-corrected chi connectivity index (χ2v) is 5.71. The Hall–Kier alpha value is -2.74. The van der Waals surface area contributed by atoms with Crippen molar-refractivity contribution in [1.29, 1.82) is 5.26 Å². The number of benzene rings is 1. The summed E-state index contributed by atoms with van der Waals surface area (Å²) in [4.78, 5) is 12.2. The number of hydrogen-bond donors (Lipinski definition) is 1. The van der Waals surface area contributed by atoms with Crippen molar-refractivity contribution in [2.24, 2.45) is 5.73 Å². The number of nitrogens with zero attached hydrogens (tertiary/aromatic N) is 1. The van der Waals surface area contributed by atoms with Crippen LogP contribution in [0, 0.1) is 11.3 Å². The topological polar surface area (TPSA) is 85.3 Å². The largest absolute Gasteiger partial charge is 0.466 e. The summed E-state index contributed by atoms with van der Waals surface area (Å²) in [5, 5.41) is 9.45. The zero-order chi connectivity index (χ0) is 17.1. The number of carbonyl (C=O) groups excluding carboxylic acids is 1. The Morgan fingerprint density at radius 3 is 2.43 bits per heavy atom. The van der Waals surface area contributed by atoms with Crippen LogP contribution in [-0.2, 0) is 14.3 Å². The minimum Gasteiger partial charge on any atom is -0.466 e. The number of allylic oxidation sites excluding steroid dienone is 2. The van der Waals surface area contributed by atoms with Crippen molar-refractivity contribution in [3.8, 4) is 6.07 Å². The number of nitrogens with two attached hydrogens (primary N) is 1. The molecule has 0 aliphatic carbocycles. The highest BCUT2D eigenvalue weighted by atomic mass is 16.5. The highest BCUT2D eigenvalue weighted by Gasteiger charge is 2.35. The summed E-state index contributed by atoms with van der Waals surface area (Å²) in [6.07, 6.45) is 0. The zero-order valence-electron chi connectivity index (χ0n) is 13.7. The lowest BCUT2D eigenvalue weighted by Gasteiger charge is -2.26. The summed E-state index contributed by atoms with van der Waals surface area (Å²) in [7, 11) is 1.30. The number of nitriles is 1. The van der Waals surface area contributed by atoms with Gasteiger partial charge in [0, 0.05) is 0 Å². The lowest BCUT2D eigenvalue weighted by molar-refractivity contribution is -0.136. The third-order valence-corrected chi connectivity index (χ3v) is 3.95. The van der Waals surface area contributed by atoms with Crippen LogP contribution in [0.1, 0.15) is 43.7 Å². The maximum atomic E-state index is 12.2. The van der Waals surface area contributed by atoms with Gasteiger partial charge in [-0.05, 0) is 24.0 Å². The molecule has 1 heterocycles. The van der Waals surface area contributed by atoms with E-state index in [9.17, 15) is 10.1 Å². The van der Waals surface area contributed by atoms with Crippen molar-refractivity contribution in [2.45, 2.75) is 32.6 Å². The Labute approximate surface area is 136 Å². The third kappa shape index (κ3) is 3.07. The molecule has 120 valence electrons. The van der Waals surface area contributed by atoms with E-state index in [0.29, 0.717) is 17.3 Å². The van der Waals surface area contributed by atoms with E-state index in [4.69, 9.17) is 15.2 Å². The van der Waals surface area contributed by atoms with Gasteiger partial charge in [-0.15, -0.1) is 0 Å². The second-order valence-electron chi connectivity index (χ2n) is 5.71. The predicted molar refractivity (Wildman–Crippen MR) is 85.9 cm³/mol. The van der Waals surface area contributed by atoms with E-state index < -0.39 is 11.9 Å². The molecule has 1 atom stereocenters. The fraction of sp³-hybridized carbons (Fsp3) is 0.333. The van der Waals surface area contributed by atoms with E-state index in [1.807, 2.05) is 24.3 Å². The molecule has 0 spiro atoms. The molecule has 1 aromatic rings. The van der Waals surface area contributed by atoms with E-state index in [1.54, 1.807) is 6.92 Å². The van der Waals surface area contributed by atoms with Gasteiger partial charge in [0.15, 0.2) is 0 Å². The lowest BCUT2D eigenvalue weighted by atomic mass is 9.82. The van der Waals surface area contributed by atoms with Crippen molar-refractivity contribution >= 4 is 5.97 Å². The molecule has 23 heavy (non-hydrogen) atoms. The molecule has 1 aliphatic rings. The Morgan fingerprint density at radius 1 is 1.35 bits per heavy atom. The fourth-order valence-electron chi connectivity index (χ4n) is 2.66. The van der Waals surface area contributed by atoms with E-state index in [1.165, 1.54) is 12.7 Å². The summed E-state index contributed by atoms with van der Waals surface area (Å²) in [5.74, 6) is -0.336. The number of esters is 1. The van der Waals surface area contributed by atoms with Gasteiger partial charge in [-0.25, -0.2) is 4.79 Å². The molecule has 5 nitrogen and oxygen atoms in total. The molecule has 1 aliphatic heterocycles. The van der Waals surface area contributed by atoms with Crippen LogP contribution in [0.15, 0.2) is 47.1 Å². The predicted octanol–water partition coefficient (Wildman–Crippen LogP) is 3.06. The maximum absolute atomic E-state index is 12.2. The maximum Gasteiger partial charge on any atom is 0.338 e. The first-order valence-electron chi connectivity index (χ1n) is 7.37. The monoisotopic (exact) mass is 312 g/mol. The fourth-order valence-corrected chi connectivity index (χ4v) is 2.66. The SMILES string of the molecule is COC(=O)C1=C(C)OC(N)=C(C#N)[C@H]1c1ccc(C(C)C)cc1. The Bertz CT molecular complexity index is 722. The highest BCUT2D eigenvalue weighted by Crippen LogP contribution is 2.39. The van der Waals surface area contributed by atoms with E-state index >= 15 is 0 Å². The molecule has 0 fully saturated rings. The summed E-state index contributed by atoms with van der Waals surface area (Å²) < 4.78 is 10.2. The Morgan fingerprint density at radius 2 is 1.96 bits per heavy atom. The van der Waals surface area contributed by atoms with Crippen LogP contribution >= 0.6 is 0 Å². The van der Waals surface area contributed by atoms with Crippen molar-refractivity contribution in [1.82, 2.24) is 0 Å². The highest BCUT2D eigenvalue weighted by molar-refractivity contribution is 5.92. The van der Waals surface area contributed by atoms with Crippen molar-refractivity contribution in [2.75, 3.05) is 7.11 Å². The first-order chi connectivity index (χ1) is 10.9. The van der Waals surface area contributed by atoms with Gasteiger partial charge in [0.25, 0.3) is 0 Å². The average molecular weight is 312 g/mol. The molecule has 2 rings (SSSR count). The molecule has 0 saturated heterocycles. The van der Waals surface area contributed by atoms with Gasteiger partial charge < -0.3 is 15.2 Å². The number of methoxy groups -OCH3 is 1. The minimum atomic E-state index is -0.581. The van der Waals surface area contributed by atoms with Crippen LogP contribution in [0.2, 0.25) is 0 Å². The first-order valence-corrected chi connectivity index (χ1v) is 7.37. The molecule has 0 aromatic heterocycles. The molecule has 0 unspecified atom stereocenters. The van der Waals surface area contributed by atoms with Crippen molar-refractivity contribution < 1.29 is 14.3 Å². The second kappa shape index (κ2) is 6.57. The number of ether oxygens (including phenoxy) is 2. The summed E-state index contributed by atoms with van der Waals surface area (Å²) in [5.41, 5.74) is 8.34. The number of carbonyl (C=O) groups is 1. The zero-order valence-corrected chi connectivity index (χ0v) is 13.7. The Kier molecular flexibility index (Phi) is 4.75. The quantitative estimate of drug-likeness (QED) is 0.867. The van der Waals surface area contributed by atoms with Gasteiger partial charge in [-0.2, -0.15) is 5.26 Å². The lowest BCUT2D eigenvalue weighted by Crippen LogP contribution is -2.25. The average Bonchev–Trinajstić information content (AvgIpc) is 2.53. The molecular formula is C18H20N2O3. The van der Waals surface area contributed by atoms with Crippen LogP contribution in [0.4, 0.5) is 0 Å². The first kappa shape index (κ1) is 16.6. The molecule has 1 aromatic carbocycles. The Balaban J connectivity index is 2.58. The standard InChI is InChI=1S/C18H20N2O3/c1-10(2)12-5-7-13(8-6-12)16-14(9-19)17(20)23-11(3)15(16)18(21)22-4/h5-8,10,16H,20H2,1-4H3/t16-/m1/s1. The van der Waals surface area contributed by atoms with Gasteiger partial charge in [-0.1, -0.05) is 38.1 Å². The summed E-state index contributed by atoms with van der Waals surface area (Å²) in [6, 6.07) is 9.86. The number of hydrogen-bond acceptors (Lipinski definition) is 5. The van der Waals surface area contributed by atoms with Gasteiger partial charge in [0.2, 0.25) is 5.88 Å². The van der Waals surface area contributed by atoms with Gasteiger partial charge in [0.1, 0.15) is 17.4 Å².